The number of nitrogens with one attached hydrogen (secondary N) is 2. The van der Waals surface area contributed by atoms with Crippen molar-refractivity contribution in [2.75, 3.05) is 15.9 Å². The van der Waals surface area contributed by atoms with Crippen LogP contribution in [0.4, 0.5) is 11.4 Å². The molecule has 2 unspecified atom stereocenters. The quantitative estimate of drug-likeness (QED) is 0.292. The number of pyridine rings is 1. The van der Waals surface area contributed by atoms with E-state index in [4.69, 9.17) is 16.6 Å². The molecule has 0 spiro atoms. The molecule has 1 aliphatic rings. The SMILES string of the molecule is CS(=O)(=O)Nc1ccc(N2C(=S)NC(c3ccccn3)C2c2ccc(-c3cccc(C(=O)O)c3)o2)cc1. The summed E-state index contributed by atoms with van der Waals surface area (Å²) in [6.45, 7) is 0. The number of carboxylic acids is 1. The Kier molecular flexibility index (Phi) is 6.40. The molecule has 0 saturated carbocycles. The van der Waals surface area contributed by atoms with Crippen molar-refractivity contribution in [3.8, 4) is 11.3 Å². The Hall–Kier alpha value is -4.22. The number of carboxylic acid groups (broad SMARTS) is 1. The molecule has 3 heterocycles. The molecule has 2 aromatic carbocycles. The summed E-state index contributed by atoms with van der Waals surface area (Å²) in [5, 5.41) is 13.2. The first-order valence-electron chi connectivity index (χ1n) is 11.2. The van der Waals surface area contributed by atoms with E-state index in [1.54, 1.807) is 54.7 Å². The van der Waals surface area contributed by atoms with Crippen LogP contribution in [0, 0.1) is 0 Å². The highest BCUT2D eigenvalue weighted by atomic mass is 32.2. The normalized spacial score (nSPS) is 17.4. The lowest BCUT2D eigenvalue weighted by Gasteiger charge is -2.26. The number of aromatic carboxylic acids is 1. The molecule has 0 bridgehead atoms. The summed E-state index contributed by atoms with van der Waals surface area (Å²) in [5.74, 6) is 0.0922. The monoisotopic (exact) mass is 534 g/mol. The van der Waals surface area contributed by atoms with E-state index >= 15 is 0 Å². The van der Waals surface area contributed by atoms with Crippen molar-refractivity contribution < 1.29 is 22.7 Å². The average molecular weight is 535 g/mol. The van der Waals surface area contributed by atoms with Gasteiger partial charge in [-0.05, 0) is 72.9 Å². The van der Waals surface area contributed by atoms with E-state index in [9.17, 15) is 18.3 Å². The van der Waals surface area contributed by atoms with Crippen molar-refractivity contribution in [3.05, 3.63) is 102 Å². The van der Waals surface area contributed by atoms with Crippen LogP contribution in [0.2, 0.25) is 0 Å². The molecule has 3 N–H and O–H groups in total. The van der Waals surface area contributed by atoms with Gasteiger partial charge >= 0.3 is 5.97 Å². The van der Waals surface area contributed by atoms with Crippen molar-refractivity contribution in [1.82, 2.24) is 10.3 Å². The standard InChI is InChI=1S/C26H22N4O5S2/c1-37(33,34)29-18-8-10-19(11-9-18)30-24(23(28-26(30)36)20-7-2-3-14-27-20)22-13-12-21(35-22)16-5-4-6-17(15-16)25(31)32/h2-15,23-24,29H,1H3,(H,28,36)(H,31,32). The molecule has 37 heavy (non-hydrogen) atoms. The summed E-state index contributed by atoms with van der Waals surface area (Å²) < 4.78 is 31.9. The zero-order valence-electron chi connectivity index (χ0n) is 19.5. The van der Waals surface area contributed by atoms with Crippen molar-refractivity contribution in [3.63, 3.8) is 0 Å². The summed E-state index contributed by atoms with van der Waals surface area (Å²) >= 11 is 5.71. The van der Waals surface area contributed by atoms with Crippen LogP contribution in [0.15, 0.2) is 89.5 Å². The lowest BCUT2D eigenvalue weighted by Crippen LogP contribution is -2.29. The summed E-state index contributed by atoms with van der Waals surface area (Å²) in [5.41, 5.74) is 2.72. The van der Waals surface area contributed by atoms with Gasteiger partial charge in [-0.15, -0.1) is 0 Å². The van der Waals surface area contributed by atoms with Gasteiger partial charge in [0, 0.05) is 23.1 Å². The van der Waals surface area contributed by atoms with Gasteiger partial charge < -0.3 is 19.7 Å². The van der Waals surface area contributed by atoms with Gasteiger partial charge in [0.25, 0.3) is 0 Å². The molecule has 0 aliphatic carbocycles. The summed E-state index contributed by atoms with van der Waals surface area (Å²) in [4.78, 5) is 17.8. The number of hydrogen-bond acceptors (Lipinski definition) is 6. The van der Waals surface area contributed by atoms with Crippen molar-refractivity contribution in [2.45, 2.75) is 12.1 Å². The zero-order chi connectivity index (χ0) is 26.2. The van der Waals surface area contributed by atoms with Gasteiger partial charge in [0.2, 0.25) is 10.0 Å². The minimum Gasteiger partial charge on any atom is -0.478 e. The van der Waals surface area contributed by atoms with E-state index in [1.165, 1.54) is 6.07 Å². The second-order valence-corrected chi connectivity index (χ2v) is 10.6. The van der Waals surface area contributed by atoms with Crippen LogP contribution in [0.25, 0.3) is 11.3 Å². The molecule has 5 rings (SSSR count). The number of thiocarbonyl (C=S) groups is 1. The Morgan fingerprint density at radius 1 is 1.08 bits per heavy atom. The van der Waals surface area contributed by atoms with Gasteiger partial charge in [0.1, 0.15) is 17.6 Å². The number of benzene rings is 2. The number of aromatic nitrogens is 1. The molecule has 1 aliphatic heterocycles. The van der Waals surface area contributed by atoms with Crippen LogP contribution in [0.5, 0.6) is 0 Å². The lowest BCUT2D eigenvalue weighted by molar-refractivity contribution is 0.0697. The summed E-state index contributed by atoms with van der Waals surface area (Å²) in [7, 11) is -3.41. The minimum atomic E-state index is -3.41. The van der Waals surface area contributed by atoms with Gasteiger partial charge in [-0.25, -0.2) is 13.2 Å². The first kappa shape index (κ1) is 24.5. The van der Waals surface area contributed by atoms with Crippen molar-refractivity contribution in [1.29, 1.82) is 0 Å². The van der Waals surface area contributed by atoms with Crippen molar-refractivity contribution in [2.24, 2.45) is 0 Å². The largest absolute Gasteiger partial charge is 0.478 e. The van der Waals surface area contributed by atoms with Crippen molar-refractivity contribution >= 4 is 44.7 Å². The van der Waals surface area contributed by atoms with Crippen LogP contribution in [-0.2, 0) is 10.0 Å². The summed E-state index contributed by atoms with van der Waals surface area (Å²) in [6.07, 6.45) is 2.80. The molecule has 9 nitrogen and oxygen atoms in total. The van der Waals surface area contributed by atoms with E-state index in [0.717, 1.165) is 17.6 Å². The number of carbonyl (C=O) groups is 1. The molecule has 2 aromatic heterocycles. The van der Waals surface area contributed by atoms with Gasteiger partial charge in [0.15, 0.2) is 5.11 Å². The predicted molar refractivity (Wildman–Crippen MR) is 144 cm³/mol. The number of nitrogens with zero attached hydrogens (tertiary/aromatic N) is 2. The Bertz CT molecular complexity index is 1570. The Labute approximate surface area is 218 Å². The molecule has 188 valence electrons. The molecule has 11 heteroatoms. The molecular weight excluding hydrogens is 512 g/mol. The second kappa shape index (κ2) is 9.68. The third-order valence-corrected chi connectivity index (χ3v) is 6.78. The predicted octanol–water partition coefficient (Wildman–Crippen LogP) is 4.59. The Morgan fingerprint density at radius 2 is 1.86 bits per heavy atom. The maximum atomic E-state index is 11.6. The van der Waals surface area contributed by atoms with Gasteiger partial charge in [-0.2, -0.15) is 0 Å². The molecule has 1 fully saturated rings. The van der Waals surface area contributed by atoms with Gasteiger partial charge in [-0.1, -0.05) is 18.2 Å². The molecule has 4 aromatic rings. The van der Waals surface area contributed by atoms with E-state index in [1.807, 2.05) is 29.2 Å². The lowest BCUT2D eigenvalue weighted by atomic mass is 10.0. The smallest absolute Gasteiger partial charge is 0.335 e. The van der Waals surface area contributed by atoms with E-state index in [-0.39, 0.29) is 11.6 Å². The Morgan fingerprint density at radius 3 is 2.54 bits per heavy atom. The van der Waals surface area contributed by atoms with E-state index < -0.39 is 22.0 Å². The Balaban J connectivity index is 1.55. The topological polar surface area (TPSA) is 125 Å². The molecule has 0 amide bonds. The van der Waals surface area contributed by atoms with Crippen LogP contribution in [0.1, 0.15) is 33.9 Å². The number of anilines is 2. The third kappa shape index (κ3) is 5.18. The second-order valence-electron chi connectivity index (χ2n) is 8.51. The summed E-state index contributed by atoms with van der Waals surface area (Å²) in [6, 6.07) is 21.9. The fraction of sp³-hybridized carbons (Fsp3) is 0.115. The first-order chi connectivity index (χ1) is 17.7. The number of hydrogen-bond donors (Lipinski definition) is 3. The van der Waals surface area contributed by atoms with Crippen LogP contribution >= 0.6 is 12.2 Å². The highest BCUT2D eigenvalue weighted by Gasteiger charge is 2.42. The molecule has 1 saturated heterocycles. The van der Waals surface area contributed by atoms with Crippen LogP contribution in [0.3, 0.4) is 0 Å². The fourth-order valence-corrected chi connectivity index (χ4v) is 5.21. The number of rotatable bonds is 7. The zero-order valence-corrected chi connectivity index (χ0v) is 21.2. The average Bonchev–Trinajstić information content (AvgIpc) is 3.49. The fourth-order valence-electron chi connectivity index (χ4n) is 4.30. The third-order valence-electron chi connectivity index (χ3n) is 5.86. The highest BCUT2D eigenvalue weighted by Crippen LogP contribution is 2.43. The highest BCUT2D eigenvalue weighted by molar-refractivity contribution is 7.92. The molecular formula is C26H22N4O5S2. The van der Waals surface area contributed by atoms with Gasteiger partial charge in [-0.3, -0.25) is 9.71 Å². The number of furan rings is 1. The van der Waals surface area contributed by atoms with E-state index in [2.05, 4.69) is 15.0 Å². The maximum absolute atomic E-state index is 11.6. The molecule has 2 atom stereocenters. The van der Waals surface area contributed by atoms with Crippen LogP contribution < -0.4 is 14.9 Å². The maximum Gasteiger partial charge on any atom is 0.335 e. The minimum absolute atomic E-state index is 0.162. The van der Waals surface area contributed by atoms with Crippen LogP contribution in [-0.4, -0.2) is 35.8 Å². The van der Waals surface area contributed by atoms with E-state index in [0.29, 0.717) is 27.9 Å². The molecule has 0 radical (unpaired) electrons. The first-order valence-corrected chi connectivity index (χ1v) is 13.5. The number of sulfonamides is 1. The van der Waals surface area contributed by atoms with Gasteiger partial charge in [0.05, 0.1) is 23.6 Å².